The highest BCUT2D eigenvalue weighted by Crippen LogP contribution is 2.22. The summed E-state index contributed by atoms with van der Waals surface area (Å²) in [5.41, 5.74) is 3.74. The third-order valence-corrected chi connectivity index (χ3v) is 4.37. The van der Waals surface area contributed by atoms with E-state index in [1.54, 1.807) is 0 Å². The lowest BCUT2D eigenvalue weighted by atomic mass is 10.1. The Labute approximate surface area is 136 Å². The maximum atomic E-state index is 2.36. The number of hydrogen-bond acceptors (Lipinski definition) is 0. The lowest BCUT2D eigenvalue weighted by molar-refractivity contribution is -0.698. The molecule has 4 aromatic rings. The molecule has 112 valence electrons. The molecule has 0 saturated carbocycles. The summed E-state index contributed by atoms with van der Waals surface area (Å²) in [5, 5.41) is 0. The molecular weight excluding hydrogens is 280 g/mol. The first kappa shape index (κ1) is 13.8. The van der Waals surface area contributed by atoms with Crippen molar-refractivity contribution in [2.75, 3.05) is 0 Å². The van der Waals surface area contributed by atoms with Gasteiger partial charge in [0.25, 0.3) is 5.82 Å². The molecular formula is C21H19N2+. The van der Waals surface area contributed by atoms with Gasteiger partial charge in [-0.05, 0) is 36.8 Å². The molecule has 0 aliphatic heterocycles. The Kier molecular flexibility index (Phi) is 3.43. The van der Waals surface area contributed by atoms with E-state index in [1.165, 1.54) is 22.5 Å². The minimum absolute atomic E-state index is 0.270. The summed E-state index contributed by atoms with van der Waals surface area (Å²) in [6, 6.07) is 27.8. The van der Waals surface area contributed by atoms with Crippen molar-refractivity contribution in [1.29, 1.82) is 0 Å². The zero-order valence-corrected chi connectivity index (χ0v) is 13.1. The molecule has 2 nitrogen and oxygen atoms in total. The smallest absolute Gasteiger partial charge is 0.222 e. The van der Waals surface area contributed by atoms with E-state index in [0.29, 0.717) is 0 Å². The van der Waals surface area contributed by atoms with E-state index >= 15 is 0 Å². The highest BCUT2D eigenvalue weighted by atomic mass is 15.1. The quantitative estimate of drug-likeness (QED) is 0.492. The van der Waals surface area contributed by atoms with Crippen molar-refractivity contribution in [3.63, 3.8) is 0 Å². The molecule has 0 saturated heterocycles. The molecule has 0 aliphatic rings. The highest BCUT2D eigenvalue weighted by Gasteiger charge is 2.24. The van der Waals surface area contributed by atoms with Gasteiger partial charge in [-0.1, -0.05) is 54.6 Å². The molecule has 0 fully saturated rings. The molecule has 0 unspecified atom stereocenters. The van der Waals surface area contributed by atoms with Crippen molar-refractivity contribution in [3.05, 3.63) is 96.8 Å². The highest BCUT2D eigenvalue weighted by molar-refractivity contribution is 5.58. The van der Waals surface area contributed by atoms with Crippen LogP contribution in [0.5, 0.6) is 0 Å². The second kappa shape index (κ2) is 5.73. The van der Waals surface area contributed by atoms with E-state index in [9.17, 15) is 0 Å². The van der Waals surface area contributed by atoms with Crippen molar-refractivity contribution in [1.82, 2.24) is 4.40 Å². The normalized spacial score (nSPS) is 12.4. The van der Waals surface area contributed by atoms with Gasteiger partial charge in [0.05, 0.1) is 11.8 Å². The average Bonchev–Trinajstić information content (AvgIpc) is 3.02. The fourth-order valence-corrected chi connectivity index (χ4v) is 3.15. The number of benzene rings is 2. The molecule has 0 radical (unpaired) electrons. The van der Waals surface area contributed by atoms with Crippen molar-refractivity contribution < 1.29 is 4.57 Å². The first-order valence-corrected chi connectivity index (χ1v) is 7.96. The van der Waals surface area contributed by atoms with Gasteiger partial charge in [0, 0.05) is 0 Å². The molecule has 4 rings (SSSR count). The molecule has 2 aromatic carbocycles. The molecule has 1 atom stereocenters. The molecule has 23 heavy (non-hydrogen) atoms. The van der Waals surface area contributed by atoms with Crippen LogP contribution in [-0.4, -0.2) is 4.40 Å². The van der Waals surface area contributed by atoms with Crippen LogP contribution in [0.2, 0.25) is 0 Å². The largest absolute Gasteiger partial charge is 0.294 e. The standard InChI is InChI=1S/C21H19N2/c1-17(18-10-4-2-5-11-18)23-16-20-14-8-9-15-22(20)21(23)19-12-6-3-7-13-19/h2-17H,1H3/q+1/t17-/m1/s1. The van der Waals surface area contributed by atoms with Crippen LogP contribution in [0.3, 0.4) is 0 Å². The third kappa shape index (κ3) is 2.42. The van der Waals surface area contributed by atoms with E-state index in [0.717, 1.165) is 0 Å². The number of hydrogen-bond donors (Lipinski definition) is 0. The van der Waals surface area contributed by atoms with Gasteiger partial charge >= 0.3 is 0 Å². The van der Waals surface area contributed by atoms with E-state index in [4.69, 9.17) is 0 Å². The molecule has 0 amide bonds. The zero-order chi connectivity index (χ0) is 15.6. The van der Waals surface area contributed by atoms with Crippen molar-refractivity contribution in [2.45, 2.75) is 13.0 Å². The van der Waals surface area contributed by atoms with Crippen molar-refractivity contribution in [2.24, 2.45) is 0 Å². The van der Waals surface area contributed by atoms with Gasteiger partial charge in [0.1, 0.15) is 12.2 Å². The van der Waals surface area contributed by atoms with E-state index in [-0.39, 0.29) is 6.04 Å². The van der Waals surface area contributed by atoms with Gasteiger partial charge in [-0.2, -0.15) is 4.40 Å². The van der Waals surface area contributed by atoms with Crippen LogP contribution in [-0.2, 0) is 0 Å². The maximum Gasteiger partial charge on any atom is 0.294 e. The van der Waals surface area contributed by atoms with E-state index < -0.39 is 0 Å². The second-order valence-electron chi connectivity index (χ2n) is 5.81. The molecule has 2 heteroatoms. The lowest BCUT2D eigenvalue weighted by Gasteiger charge is -2.11. The summed E-state index contributed by atoms with van der Waals surface area (Å²) in [7, 11) is 0. The summed E-state index contributed by atoms with van der Waals surface area (Å²) in [6.07, 6.45) is 4.37. The molecule has 0 spiro atoms. The summed E-state index contributed by atoms with van der Waals surface area (Å²) in [5.74, 6) is 1.21. The number of rotatable bonds is 3. The minimum Gasteiger partial charge on any atom is -0.222 e. The molecule has 2 heterocycles. The van der Waals surface area contributed by atoms with Crippen LogP contribution < -0.4 is 4.57 Å². The van der Waals surface area contributed by atoms with Gasteiger partial charge in [-0.3, -0.25) is 0 Å². The van der Waals surface area contributed by atoms with Crippen LogP contribution in [0.15, 0.2) is 91.3 Å². The zero-order valence-electron chi connectivity index (χ0n) is 13.1. The van der Waals surface area contributed by atoms with Gasteiger partial charge < -0.3 is 0 Å². The second-order valence-corrected chi connectivity index (χ2v) is 5.81. The predicted molar refractivity (Wildman–Crippen MR) is 93.3 cm³/mol. The summed E-state index contributed by atoms with van der Waals surface area (Å²) in [6.45, 7) is 2.25. The number of nitrogens with zero attached hydrogens (tertiary/aromatic N) is 2. The average molecular weight is 299 g/mol. The number of pyridine rings is 1. The number of aromatic nitrogens is 2. The maximum absolute atomic E-state index is 2.36. The Hall–Kier alpha value is -2.87. The van der Waals surface area contributed by atoms with Crippen molar-refractivity contribution in [3.8, 4) is 11.4 Å². The van der Waals surface area contributed by atoms with Crippen LogP contribution in [0.4, 0.5) is 0 Å². The van der Waals surface area contributed by atoms with Crippen LogP contribution >= 0.6 is 0 Å². The Bertz CT molecular complexity index is 924. The van der Waals surface area contributed by atoms with Crippen molar-refractivity contribution >= 4 is 5.52 Å². The van der Waals surface area contributed by atoms with Crippen LogP contribution in [0, 0.1) is 0 Å². The summed E-state index contributed by atoms with van der Waals surface area (Å²) >= 11 is 0. The molecule has 0 bridgehead atoms. The van der Waals surface area contributed by atoms with E-state index in [1.807, 2.05) is 0 Å². The Morgan fingerprint density at radius 1 is 0.783 bits per heavy atom. The minimum atomic E-state index is 0.270. The molecule has 0 N–H and O–H groups in total. The number of fused-ring (bicyclic) bond motifs is 1. The van der Waals surface area contributed by atoms with Gasteiger partial charge in [0.15, 0.2) is 5.52 Å². The Morgan fingerprint density at radius 2 is 1.43 bits per heavy atom. The monoisotopic (exact) mass is 299 g/mol. The van der Waals surface area contributed by atoms with Gasteiger partial charge in [-0.15, -0.1) is 0 Å². The first-order valence-electron chi connectivity index (χ1n) is 7.96. The first-order chi connectivity index (χ1) is 11.3. The third-order valence-electron chi connectivity index (χ3n) is 4.37. The van der Waals surface area contributed by atoms with Crippen LogP contribution in [0.1, 0.15) is 18.5 Å². The Balaban J connectivity index is 1.96. The van der Waals surface area contributed by atoms with Gasteiger partial charge in [-0.25, -0.2) is 4.57 Å². The van der Waals surface area contributed by atoms with Gasteiger partial charge in [0.2, 0.25) is 0 Å². The lowest BCUT2D eigenvalue weighted by Crippen LogP contribution is -2.39. The predicted octanol–water partition coefficient (Wildman–Crippen LogP) is 4.50. The summed E-state index contributed by atoms with van der Waals surface area (Å²) < 4.78 is 4.62. The topological polar surface area (TPSA) is 8.29 Å². The SMILES string of the molecule is C[C@H](c1ccccc1)[n+]1cc2ccccn2c1-c1ccccc1. The number of imidazole rings is 1. The summed E-state index contributed by atoms with van der Waals surface area (Å²) in [4.78, 5) is 0. The fourth-order valence-electron chi connectivity index (χ4n) is 3.15. The molecule has 0 aliphatic carbocycles. The molecule has 2 aromatic heterocycles. The Morgan fingerprint density at radius 3 is 2.17 bits per heavy atom. The van der Waals surface area contributed by atoms with Crippen LogP contribution in [0.25, 0.3) is 16.9 Å². The van der Waals surface area contributed by atoms with E-state index in [2.05, 4.69) is 107 Å². The fraction of sp³-hybridized carbons (Fsp3) is 0.0952.